The first-order chi connectivity index (χ1) is 10.6. The largest absolute Gasteiger partial charge is 0.493 e. The van der Waals surface area contributed by atoms with Crippen LogP contribution in [0.4, 0.5) is 0 Å². The lowest BCUT2D eigenvalue weighted by atomic mass is 10.1. The summed E-state index contributed by atoms with van der Waals surface area (Å²) in [5.41, 5.74) is 1.07. The van der Waals surface area contributed by atoms with Gasteiger partial charge in [-0.2, -0.15) is 0 Å². The number of ether oxygens (including phenoxy) is 2. The molecule has 1 N–H and O–H groups in total. The number of benzene rings is 1. The van der Waals surface area contributed by atoms with Gasteiger partial charge in [-0.1, -0.05) is 37.3 Å². The summed E-state index contributed by atoms with van der Waals surface area (Å²) in [4.78, 5) is 0. The van der Waals surface area contributed by atoms with E-state index in [0.29, 0.717) is 16.8 Å². The Bertz CT molecular complexity index is 468. The molecule has 0 amide bonds. The standard InChI is InChI=1S/C18H28ClNO2/c1-13(2)22-18-14(10-15(19)11-17(18)21-3)12-20-16-8-6-4-5-7-9-16/h10-11,13,16,20H,4-9,12H2,1-3H3. The van der Waals surface area contributed by atoms with Gasteiger partial charge in [-0.25, -0.2) is 0 Å². The topological polar surface area (TPSA) is 30.5 Å². The zero-order valence-corrected chi connectivity index (χ0v) is 14.7. The van der Waals surface area contributed by atoms with Crippen LogP contribution in [0, 0.1) is 0 Å². The monoisotopic (exact) mass is 325 g/mol. The van der Waals surface area contributed by atoms with E-state index in [4.69, 9.17) is 21.1 Å². The van der Waals surface area contributed by atoms with Gasteiger partial charge in [-0.05, 0) is 32.8 Å². The highest BCUT2D eigenvalue weighted by molar-refractivity contribution is 6.30. The Morgan fingerprint density at radius 3 is 2.45 bits per heavy atom. The summed E-state index contributed by atoms with van der Waals surface area (Å²) < 4.78 is 11.4. The van der Waals surface area contributed by atoms with E-state index < -0.39 is 0 Å². The fourth-order valence-corrected chi connectivity index (χ4v) is 3.24. The number of rotatable bonds is 6. The molecule has 0 bridgehead atoms. The lowest BCUT2D eigenvalue weighted by molar-refractivity contribution is 0.227. The van der Waals surface area contributed by atoms with Crippen molar-refractivity contribution < 1.29 is 9.47 Å². The molecule has 0 radical (unpaired) electrons. The van der Waals surface area contributed by atoms with Crippen molar-refractivity contribution in [2.45, 2.75) is 71.1 Å². The highest BCUT2D eigenvalue weighted by Crippen LogP contribution is 2.35. The number of nitrogens with one attached hydrogen (secondary N) is 1. The minimum atomic E-state index is 0.103. The average Bonchev–Trinajstić information content (AvgIpc) is 2.75. The fraction of sp³-hybridized carbons (Fsp3) is 0.667. The summed E-state index contributed by atoms with van der Waals surface area (Å²) in [6, 6.07) is 4.39. The molecule has 3 nitrogen and oxygen atoms in total. The molecule has 0 saturated heterocycles. The van der Waals surface area contributed by atoms with Gasteiger partial charge in [0.15, 0.2) is 11.5 Å². The van der Waals surface area contributed by atoms with Crippen LogP contribution in [0.5, 0.6) is 11.5 Å². The van der Waals surface area contributed by atoms with E-state index in [1.165, 1.54) is 38.5 Å². The van der Waals surface area contributed by atoms with Crippen molar-refractivity contribution in [1.29, 1.82) is 0 Å². The summed E-state index contributed by atoms with van der Waals surface area (Å²) in [7, 11) is 1.65. The number of hydrogen-bond donors (Lipinski definition) is 1. The van der Waals surface area contributed by atoms with Crippen molar-refractivity contribution in [3.63, 3.8) is 0 Å². The minimum Gasteiger partial charge on any atom is -0.493 e. The highest BCUT2D eigenvalue weighted by Gasteiger charge is 2.17. The molecule has 1 aliphatic rings. The molecule has 0 atom stereocenters. The second-order valence-corrected chi connectivity index (χ2v) is 6.77. The van der Waals surface area contributed by atoms with E-state index in [-0.39, 0.29) is 6.10 Å². The van der Waals surface area contributed by atoms with E-state index in [1.54, 1.807) is 7.11 Å². The zero-order chi connectivity index (χ0) is 15.9. The maximum atomic E-state index is 6.22. The van der Waals surface area contributed by atoms with Gasteiger partial charge in [-0.15, -0.1) is 0 Å². The molecule has 4 heteroatoms. The zero-order valence-electron chi connectivity index (χ0n) is 14.0. The summed E-state index contributed by atoms with van der Waals surface area (Å²) in [6.45, 7) is 4.82. The fourth-order valence-electron chi connectivity index (χ4n) is 3.01. The van der Waals surface area contributed by atoms with E-state index >= 15 is 0 Å². The summed E-state index contributed by atoms with van der Waals surface area (Å²) in [5, 5.41) is 4.36. The van der Waals surface area contributed by atoms with Crippen LogP contribution in [0.1, 0.15) is 57.9 Å². The van der Waals surface area contributed by atoms with Gasteiger partial charge in [0.25, 0.3) is 0 Å². The van der Waals surface area contributed by atoms with Gasteiger partial charge in [0, 0.05) is 29.2 Å². The van der Waals surface area contributed by atoms with E-state index in [0.717, 1.165) is 17.9 Å². The second kappa shape index (κ2) is 8.64. The number of hydrogen-bond acceptors (Lipinski definition) is 3. The Kier molecular flexibility index (Phi) is 6.84. The molecule has 1 saturated carbocycles. The van der Waals surface area contributed by atoms with Gasteiger partial charge in [0.05, 0.1) is 13.2 Å². The Balaban J connectivity index is 2.11. The maximum absolute atomic E-state index is 6.22. The summed E-state index contributed by atoms with van der Waals surface area (Å²) in [5.74, 6) is 1.52. The molecule has 2 rings (SSSR count). The summed E-state index contributed by atoms with van der Waals surface area (Å²) in [6.07, 6.45) is 8.01. The van der Waals surface area contributed by atoms with Gasteiger partial charge >= 0.3 is 0 Å². The molecule has 0 aromatic heterocycles. The Morgan fingerprint density at radius 1 is 1.18 bits per heavy atom. The molecular weight excluding hydrogens is 298 g/mol. The first kappa shape index (κ1) is 17.4. The van der Waals surface area contributed by atoms with Crippen molar-refractivity contribution in [3.8, 4) is 11.5 Å². The number of halogens is 1. The van der Waals surface area contributed by atoms with Crippen LogP contribution in [0.3, 0.4) is 0 Å². The predicted octanol–water partition coefficient (Wildman–Crippen LogP) is 4.95. The van der Waals surface area contributed by atoms with Gasteiger partial charge in [0.2, 0.25) is 0 Å². The Labute approximate surface area is 139 Å². The molecule has 0 aliphatic heterocycles. The minimum absolute atomic E-state index is 0.103. The average molecular weight is 326 g/mol. The molecule has 1 fully saturated rings. The molecule has 1 aliphatic carbocycles. The molecular formula is C18H28ClNO2. The van der Waals surface area contributed by atoms with Crippen molar-refractivity contribution in [2.75, 3.05) is 7.11 Å². The normalized spacial score (nSPS) is 16.6. The molecule has 124 valence electrons. The Morgan fingerprint density at radius 2 is 1.86 bits per heavy atom. The molecule has 1 aromatic rings. The maximum Gasteiger partial charge on any atom is 0.166 e. The van der Waals surface area contributed by atoms with Crippen LogP contribution in [0.15, 0.2) is 12.1 Å². The second-order valence-electron chi connectivity index (χ2n) is 6.33. The summed E-state index contributed by atoms with van der Waals surface area (Å²) >= 11 is 6.22. The van der Waals surface area contributed by atoms with E-state index in [9.17, 15) is 0 Å². The van der Waals surface area contributed by atoms with Crippen LogP contribution in [-0.4, -0.2) is 19.3 Å². The quantitative estimate of drug-likeness (QED) is 0.751. The van der Waals surface area contributed by atoms with E-state index in [1.807, 2.05) is 26.0 Å². The van der Waals surface area contributed by atoms with Crippen LogP contribution in [-0.2, 0) is 6.54 Å². The van der Waals surface area contributed by atoms with Gasteiger partial charge in [0.1, 0.15) is 0 Å². The Hall–Kier alpha value is -0.930. The predicted molar refractivity (Wildman–Crippen MR) is 92.1 cm³/mol. The molecule has 0 spiro atoms. The van der Waals surface area contributed by atoms with Crippen LogP contribution >= 0.6 is 11.6 Å². The van der Waals surface area contributed by atoms with Crippen molar-refractivity contribution in [3.05, 3.63) is 22.7 Å². The highest BCUT2D eigenvalue weighted by atomic mass is 35.5. The van der Waals surface area contributed by atoms with Crippen molar-refractivity contribution in [1.82, 2.24) is 5.32 Å². The SMILES string of the molecule is COc1cc(Cl)cc(CNC2CCCCCC2)c1OC(C)C. The van der Waals surface area contributed by atoms with Crippen LogP contribution in [0.2, 0.25) is 5.02 Å². The first-order valence-electron chi connectivity index (χ1n) is 8.36. The van der Waals surface area contributed by atoms with Crippen molar-refractivity contribution >= 4 is 11.6 Å². The van der Waals surface area contributed by atoms with Gasteiger partial charge in [-0.3, -0.25) is 0 Å². The van der Waals surface area contributed by atoms with Gasteiger partial charge < -0.3 is 14.8 Å². The smallest absolute Gasteiger partial charge is 0.166 e. The van der Waals surface area contributed by atoms with Crippen LogP contribution in [0.25, 0.3) is 0 Å². The molecule has 22 heavy (non-hydrogen) atoms. The third kappa shape index (κ3) is 5.06. The third-order valence-electron chi connectivity index (χ3n) is 4.11. The molecule has 0 heterocycles. The third-order valence-corrected chi connectivity index (χ3v) is 4.32. The molecule has 1 aromatic carbocycles. The first-order valence-corrected chi connectivity index (χ1v) is 8.74. The lowest BCUT2D eigenvalue weighted by Gasteiger charge is -2.21. The van der Waals surface area contributed by atoms with Crippen molar-refractivity contribution in [2.24, 2.45) is 0 Å². The molecule has 0 unspecified atom stereocenters. The van der Waals surface area contributed by atoms with E-state index in [2.05, 4.69) is 5.32 Å². The van der Waals surface area contributed by atoms with Crippen LogP contribution < -0.4 is 14.8 Å². The number of methoxy groups -OCH3 is 1. The lowest BCUT2D eigenvalue weighted by Crippen LogP contribution is -2.28.